The van der Waals surface area contributed by atoms with Gasteiger partial charge >= 0.3 is 0 Å². The number of anilines is 1. The van der Waals surface area contributed by atoms with E-state index < -0.39 is 0 Å². The van der Waals surface area contributed by atoms with Crippen molar-refractivity contribution < 1.29 is 9.53 Å². The maximum Gasteiger partial charge on any atom is 0.234 e. The van der Waals surface area contributed by atoms with E-state index in [2.05, 4.69) is 22.1 Å². The van der Waals surface area contributed by atoms with Gasteiger partial charge < -0.3 is 10.1 Å². The Morgan fingerprint density at radius 2 is 1.94 bits per heavy atom. The van der Waals surface area contributed by atoms with Gasteiger partial charge in [0.25, 0.3) is 0 Å². The van der Waals surface area contributed by atoms with Crippen molar-refractivity contribution >= 4 is 57.3 Å². The number of carbonyl (C=O) groups is 1. The molecular formula is C24H20Cl2N4O2S. The third kappa shape index (κ3) is 5.68. The van der Waals surface area contributed by atoms with Crippen LogP contribution in [0.3, 0.4) is 0 Å². The van der Waals surface area contributed by atoms with Gasteiger partial charge in [-0.2, -0.15) is 0 Å². The number of allylic oxidation sites excluding steroid dienone is 1. The van der Waals surface area contributed by atoms with Crippen LogP contribution in [0.15, 0.2) is 78.5 Å². The molecule has 6 nitrogen and oxygen atoms in total. The Hall–Kier alpha value is -3.00. The first-order valence-corrected chi connectivity index (χ1v) is 11.8. The van der Waals surface area contributed by atoms with E-state index in [1.807, 2.05) is 47.0 Å². The Labute approximate surface area is 205 Å². The number of ether oxygens (including phenoxy) is 1. The topological polar surface area (TPSA) is 69.0 Å². The number of nitrogens with one attached hydrogen (secondary N) is 1. The van der Waals surface area contributed by atoms with Crippen molar-refractivity contribution in [2.45, 2.75) is 18.3 Å². The molecule has 0 aliphatic carbocycles. The molecule has 0 bridgehead atoms. The smallest absolute Gasteiger partial charge is 0.234 e. The van der Waals surface area contributed by atoms with Crippen LogP contribution in [0.4, 0.5) is 5.69 Å². The van der Waals surface area contributed by atoms with Crippen LogP contribution in [0.5, 0.6) is 5.75 Å². The molecule has 1 aromatic heterocycles. The molecule has 0 radical (unpaired) electrons. The molecule has 1 N–H and O–H groups in total. The zero-order valence-electron chi connectivity index (χ0n) is 17.5. The van der Waals surface area contributed by atoms with Crippen LogP contribution < -0.4 is 10.1 Å². The molecule has 0 unspecified atom stereocenters. The van der Waals surface area contributed by atoms with Gasteiger partial charge in [0.1, 0.15) is 12.4 Å². The summed E-state index contributed by atoms with van der Waals surface area (Å²) < 4.78 is 7.94. The molecule has 4 aromatic rings. The van der Waals surface area contributed by atoms with Crippen LogP contribution in [0, 0.1) is 0 Å². The number of fused-ring (bicyclic) bond motifs is 1. The van der Waals surface area contributed by atoms with Crippen molar-refractivity contribution in [1.29, 1.82) is 0 Å². The molecule has 0 saturated heterocycles. The number of nitrogens with zero attached hydrogens (tertiary/aromatic N) is 3. The molecule has 1 heterocycles. The van der Waals surface area contributed by atoms with Gasteiger partial charge in [-0.25, -0.2) is 0 Å². The lowest BCUT2D eigenvalue weighted by Gasteiger charge is -2.11. The summed E-state index contributed by atoms with van der Waals surface area (Å²) in [5, 5.41) is 14.9. The van der Waals surface area contributed by atoms with Crippen LogP contribution >= 0.6 is 35.0 Å². The molecule has 0 fully saturated rings. The number of benzene rings is 3. The van der Waals surface area contributed by atoms with Gasteiger partial charge in [-0.1, -0.05) is 77.4 Å². The molecule has 0 aliphatic heterocycles. The van der Waals surface area contributed by atoms with Gasteiger partial charge in [0.2, 0.25) is 5.91 Å². The molecule has 0 spiro atoms. The highest BCUT2D eigenvalue weighted by Gasteiger charge is 2.15. The number of thioether (sulfide) groups is 1. The standard InChI is InChI=1S/C24H20Cl2N4O2S/c1-2-12-30-22(14-32-21-9-5-7-16-6-3-4-8-18(16)21)28-29-24(30)33-15-23(31)27-20-13-17(25)10-11-19(20)26/h2-11,13H,1,12,14-15H2,(H,27,31). The zero-order valence-corrected chi connectivity index (χ0v) is 19.8. The number of hydrogen-bond donors (Lipinski definition) is 1. The first-order chi connectivity index (χ1) is 16.0. The minimum atomic E-state index is -0.231. The maximum atomic E-state index is 12.4. The van der Waals surface area contributed by atoms with Crippen molar-refractivity contribution in [1.82, 2.24) is 14.8 Å². The molecule has 4 rings (SSSR count). The monoisotopic (exact) mass is 498 g/mol. The minimum Gasteiger partial charge on any atom is -0.485 e. The molecule has 1 amide bonds. The van der Waals surface area contributed by atoms with Gasteiger partial charge in [-0.15, -0.1) is 16.8 Å². The number of hydrogen-bond acceptors (Lipinski definition) is 5. The van der Waals surface area contributed by atoms with Crippen molar-refractivity contribution in [3.63, 3.8) is 0 Å². The molecule has 3 aromatic carbocycles. The number of amides is 1. The summed E-state index contributed by atoms with van der Waals surface area (Å²) in [4.78, 5) is 12.4. The second-order valence-electron chi connectivity index (χ2n) is 7.03. The highest BCUT2D eigenvalue weighted by atomic mass is 35.5. The summed E-state index contributed by atoms with van der Waals surface area (Å²) in [6, 6.07) is 18.9. The highest BCUT2D eigenvalue weighted by molar-refractivity contribution is 7.99. The fourth-order valence-corrected chi connectivity index (χ4v) is 4.32. The number of halogens is 2. The first kappa shape index (κ1) is 23.2. The van der Waals surface area contributed by atoms with E-state index in [4.69, 9.17) is 27.9 Å². The third-order valence-corrected chi connectivity index (χ3v) is 6.28. The Morgan fingerprint density at radius 3 is 2.79 bits per heavy atom. The van der Waals surface area contributed by atoms with Gasteiger partial charge in [-0.3, -0.25) is 9.36 Å². The van der Waals surface area contributed by atoms with E-state index in [1.54, 1.807) is 24.3 Å². The van der Waals surface area contributed by atoms with Crippen LogP contribution in [0.1, 0.15) is 5.82 Å². The van der Waals surface area contributed by atoms with E-state index in [0.717, 1.165) is 16.5 Å². The summed E-state index contributed by atoms with van der Waals surface area (Å²) in [7, 11) is 0. The van der Waals surface area contributed by atoms with Crippen LogP contribution in [-0.4, -0.2) is 26.4 Å². The largest absolute Gasteiger partial charge is 0.485 e. The molecule has 0 saturated carbocycles. The van der Waals surface area contributed by atoms with Crippen molar-refractivity contribution in [2.75, 3.05) is 11.1 Å². The lowest BCUT2D eigenvalue weighted by Crippen LogP contribution is -2.15. The predicted molar refractivity (Wildman–Crippen MR) is 134 cm³/mol. The molecule has 9 heteroatoms. The van der Waals surface area contributed by atoms with Gasteiger partial charge in [-0.05, 0) is 29.7 Å². The third-order valence-electron chi connectivity index (χ3n) is 4.75. The number of aromatic nitrogens is 3. The van der Waals surface area contributed by atoms with Crippen LogP contribution in [0.25, 0.3) is 10.8 Å². The van der Waals surface area contributed by atoms with Crippen molar-refractivity contribution in [3.05, 3.63) is 89.2 Å². The fourth-order valence-electron chi connectivity index (χ4n) is 3.22. The zero-order chi connectivity index (χ0) is 23.2. The summed E-state index contributed by atoms with van der Waals surface area (Å²) in [5.74, 6) is 1.31. The lowest BCUT2D eigenvalue weighted by atomic mass is 10.1. The minimum absolute atomic E-state index is 0.127. The normalized spacial score (nSPS) is 10.8. The quantitative estimate of drug-likeness (QED) is 0.218. The van der Waals surface area contributed by atoms with Crippen molar-refractivity contribution in [3.8, 4) is 5.75 Å². The van der Waals surface area contributed by atoms with E-state index >= 15 is 0 Å². The molecular weight excluding hydrogens is 479 g/mol. The van der Waals surface area contributed by atoms with Crippen LogP contribution in [-0.2, 0) is 17.9 Å². The first-order valence-electron chi connectivity index (χ1n) is 10.1. The van der Waals surface area contributed by atoms with E-state index in [1.165, 1.54) is 11.8 Å². The fraction of sp³-hybridized carbons (Fsp3) is 0.125. The maximum absolute atomic E-state index is 12.4. The van der Waals surface area contributed by atoms with E-state index in [-0.39, 0.29) is 18.3 Å². The van der Waals surface area contributed by atoms with Gasteiger partial charge in [0, 0.05) is 17.0 Å². The Kier molecular flexibility index (Phi) is 7.54. The predicted octanol–water partition coefficient (Wildman–Crippen LogP) is 6.23. The molecule has 33 heavy (non-hydrogen) atoms. The number of rotatable bonds is 9. The van der Waals surface area contributed by atoms with Gasteiger partial charge in [0.05, 0.1) is 16.5 Å². The number of carbonyl (C=O) groups excluding carboxylic acids is 1. The second-order valence-corrected chi connectivity index (χ2v) is 8.81. The summed E-state index contributed by atoms with van der Waals surface area (Å²) >= 11 is 13.4. The Bertz CT molecular complexity index is 1300. The average Bonchev–Trinajstić information content (AvgIpc) is 3.20. The summed E-state index contributed by atoms with van der Waals surface area (Å²) in [5.41, 5.74) is 0.464. The van der Waals surface area contributed by atoms with Gasteiger partial charge in [0.15, 0.2) is 11.0 Å². The Balaban J connectivity index is 1.43. The van der Waals surface area contributed by atoms with Crippen LogP contribution in [0.2, 0.25) is 10.0 Å². The van der Waals surface area contributed by atoms with E-state index in [9.17, 15) is 4.79 Å². The van der Waals surface area contributed by atoms with E-state index in [0.29, 0.717) is 33.3 Å². The molecule has 0 aliphatic rings. The summed E-state index contributed by atoms with van der Waals surface area (Å²) in [6.07, 6.45) is 1.75. The molecule has 0 atom stereocenters. The highest BCUT2D eigenvalue weighted by Crippen LogP contribution is 2.27. The summed E-state index contributed by atoms with van der Waals surface area (Å²) in [6.45, 7) is 4.54. The molecule has 168 valence electrons. The SMILES string of the molecule is C=CCn1c(COc2cccc3ccccc23)nnc1SCC(=O)Nc1cc(Cl)ccc1Cl. The van der Waals surface area contributed by atoms with Crippen molar-refractivity contribution in [2.24, 2.45) is 0 Å². The Morgan fingerprint density at radius 1 is 1.12 bits per heavy atom. The second kappa shape index (κ2) is 10.7. The average molecular weight is 499 g/mol. The lowest BCUT2D eigenvalue weighted by molar-refractivity contribution is -0.113.